The first-order chi connectivity index (χ1) is 9.92. The summed E-state index contributed by atoms with van der Waals surface area (Å²) in [4.78, 5) is 0.136. The minimum Gasteiger partial charge on any atom is -0.497 e. The van der Waals surface area contributed by atoms with Crippen LogP contribution in [0.4, 0.5) is 5.69 Å². The second-order valence-electron chi connectivity index (χ2n) is 4.36. The third kappa shape index (κ3) is 3.96. The molecule has 0 atom stereocenters. The second kappa shape index (κ2) is 6.46. The summed E-state index contributed by atoms with van der Waals surface area (Å²) in [6.45, 7) is 0.197. The van der Waals surface area contributed by atoms with Gasteiger partial charge in [0, 0.05) is 16.7 Å². The summed E-state index contributed by atoms with van der Waals surface area (Å²) < 4.78 is 32.6. The lowest BCUT2D eigenvalue weighted by Crippen LogP contribution is -2.23. The van der Waals surface area contributed by atoms with Gasteiger partial charge < -0.3 is 10.5 Å². The van der Waals surface area contributed by atoms with Gasteiger partial charge in [-0.3, -0.25) is 0 Å². The number of hydrogen-bond acceptors (Lipinski definition) is 4. The van der Waals surface area contributed by atoms with Gasteiger partial charge in [0.1, 0.15) is 5.75 Å². The normalized spacial score (nSPS) is 11.3. The van der Waals surface area contributed by atoms with Crippen LogP contribution in [0.1, 0.15) is 5.56 Å². The molecule has 5 nitrogen and oxygen atoms in total. The number of ether oxygens (including phenoxy) is 1. The van der Waals surface area contributed by atoms with E-state index in [0.717, 1.165) is 11.3 Å². The molecule has 0 unspecified atom stereocenters. The van der Waals surface area contributed by atoms with Crippen molar-refractivity contribution in [1.29, 1.82) is 0 Å². The van der Waals surface area contributed by atoms with Crippen molar-refractivity contribution in [1.82, 2.24) is 4.72 Å². The molecule has 3 N–H and O–H groups in total. The highest BCUT2D eigenvalue weighted by molar-refractivity contribution is 9.10. The number of nitrogens with one attached hydrogen (secondary N) is 1. The highest BCUT2D eigenvalue weighted by Crippen LogP contribution is 2.22. The molecular weight excluding hydrogens is 356 g/mol. The monoisotopic (exact) mass is 370 g/mol. The number of halogens is 1. The molecule has 0 heterocycles. The molecule has 0 aromatic heterocycles. The zero-order chi connectivity index (χ0) is 15.5. The van der Waals surface area contributed by atoms with Gasteiger partial charge in [-0.1, -0.05) is 12.1 Å². The van der Waals surface area contributed by atoms with Crippen LogP contribution in [0, 0.1) is 0 Å². The molecule has 2 aromatic rings. The highest BCUT2D eigenvalue weighted by Gasteiger charge is 2.14. The summed E-state index contributed by atoms with van der Waals surface area (Å²) in [5.41, 5.74) is 6.92. The SMILES string of the molecule is COc1ccc(CNS(=O)(=O)c2ccc(Br)c(N)c2)cc1. The molecular formula is C14H15BrN2O3S. The van der Waals surface area contributed by atoms with Crippen LogP contribution in [0.3, 0.4) is 0 Å². The first-order valence-corrected chi connectivity index (χ1v) is 8.37. The molecule has 2 rings (SSSR count). The Labute approximate surface area is 132 Å². The van der Waals surface area contributed by atoms with Crippen LogP contribution in [-0.2, 0) is 16.6 Å². The van der Waals surface area contributed by atoms with Crippen LogP contribution in [-0.4, -0.2) is 15.5 Å². The van der Waals surface area contributed by atoms with Gasteiger partial charge in [0.2, 0.25) is 10.0 Å². The zero-order valence-electron chi connectivity index (χ0n) is 11.3. The molecule has 0 bridgehead atoms. The molecule has 0 amide bonds. The van der Waals surface area contributed by atoms with Crippen LogP contribution < -0.4 is 15.2 Å². The van der Waals surface area contributed by atoms with Gasteiger partial charge in [0.25, 0.3) is 0 Å². The van der Waals surface area contributed by atoms with Crippen molar-refractivity contribution in [2.45, 2.75) is 11.4 Å². The first kappa shape index (κ1) is 15.8. The lowest BCUT2D eigenvalue weighted by molar-refractivity contribution is 0.414. The Hall–Kier alpha value is -1.57. The lowest BCUT2D eigenvalue weighted by Gasteiger charge is -2.09. The average molecular weight is 371 g/mol. The number of nitrogen functional groups attached to an aromatic ring is 1. The molecule has 2 aromatic carbocycles. The number of hydrogen-bond donors (Lipinski definition) is 2. The third-order valence-electron chi connectivity index (χ3n) is 2.90. The maximum absolute atomic E-state index is 12.2. The van der Waals surface area contributed by atoms with Crippen molar-refractivity contribution in [2.24, 2.45) is 0 Å². The number of rotatable bonds is 5. The fourth-order valence-corrected chi connectivity index (χ4v) is 2.99. The van der Waals surface area contributed by atoms with Crippen molar-refractivity contribution in [2.75, 3.05) is 12.8 Å². The quantitative estimate of drug-likeness (QED) is 0.792. The van der Waals surface area contributed by atoms with E-state index < -0.39 is 10.0 Å². The van der Waals surface area contributed by atoms with Crippen LogP contribution >= 0.6 is 15.9 Å². The summed E-state index contributed by atoms with van der Waals surface area (Å²) in [7, 11) is -2.02. The van der Waals surface area contributed by atoms with E-state index in [-0.39, 0.29) is 11.4 Å². The third-order valence-corrected chi connectivity index (χ3v) is 5.02. The predicted octanol–water partition coefficient (Wildman–Crippen LogP) is 2.52. The summed E-state index contributed by atoms with van der Waals surface area (Å²) in [6, 6.07) is 11.7. The second-order valence-corrected chi connectivity index (χ2v) is 6.98. The van der Waals surface area contributed by atoms with Crippen molar-refractivity contribution < 1.29 is 13.2 Å². The minimum atomic E-state index is -3.60. The van der Waals surface area contributed by atoms with Gasteiger partial charge in [-0.05, 0) is 51.8 Å². The van der Waals surface area contributed by atoms with Gasteiger partial charge in [-0.15, -0.1) is 0 Å². The fourth-order valence-electron chi connectivity index (χ4n) is 1.69. The maximum Gasteiger partial charge on any atom is 0.240 e. The Morgan fingerprint density at radius 2 is 1.86 bits per heavy atom. The van der Waals surface area contributed by atoms with E-state index in [1.54, 1.807) is 37.4 Å². The van der Waals surface area contributed by atoms with E-state index in [1.165, 1.54) is 12.1 Å². The average Bonchev–Trinajstić information content (AvgIpc) is 2.48. The van der Waals surface area contributed by atoms with Gasteiger partial charge in [0.05, 0.1) is 12.0 Å². The van der Waals surface area contributed by atoms with E-state index in [2.05, 4.69) is 20.7 Å². The van der Waals surface area contributed by atoms with E-state index in [4.69, 9.17) is 10.5 Å². The lowest BCUT2D eigenvalue weighted by atomic mass is 10.2. The summed E-state index contributed by atoms with van der Waals surface area (Å²) in [5, 5.41) is 0. The Bertz CT molecular complexity index is 730. The number of anilines is 1. The van der Waals surface area contributed by atoms with E-state index in [9.17, 15) is 8.42 Å². The molecule has 112 valence electrons. The number of sulfonamides is 1. The molecule has 0 fully saturated rings. The smallest absolute Gasteiger partial charge is 0.240 e. The standard InChI is InChI=1S/C14H15BrN2O3S/c1-20-11-4-2-10(3-5-11)9-17-21(18,19)12-6-7-13(15)14(16)8-12/h2-8,17H,9,16H2,1H3. The van der Waals surface area contributed by atoms with Crippen molar-refractivity contribution in [3.05, 3.63) is 52.5 Å². The van der Waals surface area contributed by atoms with Gasteiger partial charge in [-0.25, -0.2) is 13.1 Å². The number of nitrogens with two attached hydrogens (primary N) is 1. The Balaban J connectivity index is 2.11. The van der Waals surface area contributed by atoms with Crippen LogP contribution in [0.5, 0.6) is 5.75 Å². The molecule has 21 heavy (non-hydrogen) atoms. The maximum atomic E-state index is 12.2. The zero-order valence-corrected chi connectivity index (χ0v) is 13.7. The van der Waals surface area contributed by atoms with Crippen molar-refractivity contribution >= 4 is 31.6 Å². The summed E-state index contributed by atoms with van der Waals surface area (Å²) >= 11 is 3.23. The van der Waals surface area contributed by atoms with Crippen molar-refractivity contribution in [3.8, 4) is 5.75 Å². The summed E-state index contributed by atoms with van der Waals surface area (Å²) in [5.74, 6) is 0.724. The number of benzene rings is 2. The van der Waals surface area contributed by atoms with Crippen LogP contribution in [0.2, 0.25) is 0 Å². The predicted molar refractivity (Wildman–Crippen MR) is 85.6 cm³/mol. The van der Waals surface area contributed by atoms with Gasteiger partial charge in [-0.2, -0.15) is 0 Å². The molecule has 0 aliphatic rings. The van der Waals surface area contributed by atoms with Gasteiger partial charge >= 0.3 is 0 Å². The largest absolute Gasteiger partial charge is 0.497 e. The van der Waals surface area contributed by atoms with E-state index >= 15 is 0 Å². The molecule has 0 aliphatic carbocycles. The molecule has 0 aliphatic heterocycles. The van der Waals surface area contributed by atoms with E-state index in [1.807, 2.05) is 0 Å². The topological polar surface area (TPSA) is 81.4 Å². The Kier molecular flexibility index (Phi) is 4.87. The fraction of sp³-hybridized carbons (Fsp3) is 0.143. The van der Waals surface area contributed by atoms with Gasteiger partial charge in [0.15, 0.2) is 0 Å². The minimum absolute atomic E-state index is 0.136. The highest BCUT2D eigenvalue weighted by atomic mass is 79.9. The first-order valence-electron chi connectivity index (χ1n) is 6.10. The Morgan fingerprint density at radius 1 is 1.19 bits per heavy atom. The molecule has 0 saturated heterocycles. The Morgan fingerprint density at radius 3 is 2.43 bits per heavy atom. The van der Waals surface area contributed by atoms with Crippen LogP contribution in [0.25, 0.3) is 0 Å². The molecule has 0 radical (unpaired) electrons. The number of methoxy groups -OCH3 is 1. The molecule has 0 spiro atoms. The van der Waals surface area contributed by atoms with Crippen LogP contribution in [0.15, 0.2) is 51.8 Å². The van der Waals surface area contributed by atoms with Crippen molar-refractivity contribution in [3.63, 3.8) is 0 Å². The van der Waals surface area contributed by atoms with E-state index in [0.29, 0.717) is 10.2 Å². The molecule has 0 saturated carbocycles. The summed E-state index contributed by atoms with van der Waals surface area (Å²) in [6.07, 6.45) is 0. The molecule has 7 heteroatoms.